The van der Waals surface area contributed by atoms with E-state index >= 15 is 0 Å². The minimum atomic E-state index is -0.377. The van der Waals surface area contributed by atoms with Gasteiger partial charge in [0.25, 0.3) is 5.69 Å². The van der Waals surface area contributed by atoms with E-state index in [1.165, 1.54) is 12.5 Å². The lowest BCUT2D eigenvalue weighted by Crippen LogP contribution is -2.14. The monoisotopic (exact) mass is 248 g/mol. The molecule has 0 radical (unpaired) electrons. The Kier molecular flexibility index (Phi) is 3.63. The Balaban J connectivity index is 2.01. The minimum absolute atomic E-state index is 0.133. The number of hydrogen-bond acceptors (Lipinski definition) is 6. The number of nitrogens with one attached hydrogen (secondary N) is 1. The quantitative estimate of drug-likeness (QED) is 0.637. The Morgan fingerprint density at radius 2 is 2.28 bits per heavy atom. The molecule has 0 saturated carbocycles. The second kappa shape index (κ2) is 5.37. The van der Waals surface area contributed by atoms with Crippen LogP contribution in [0.1, 0.15) is 17.0 Å². The number of rotatable bonds is 5. The van der Waals surface area contributed by atoms with Gasteiger partial charge in [0.2, 0.25) is 6.39 Å². The van der Waals surface area contributed by atoms with Gasteiger partial charge in [-0.2, -0.15) is 4.98 Å². The van der Waals surface area contributed by atoms with Crippen LogP contribution in [0, 0.1) is 17.0 Å². The maximum Gasteiger partial charge on any atom is 0.272 e. The van der Waals surface area contributed by atoms with Crippen LogP contribution in [0.2, 0.25) is 0 Å². The van der Waals surface area contributed by atoms with Crippen molar-refractivity contribution in [2.45, 2.75) is 20.0 Å². The molecule has 7 nitrogen and oxygen atoms in total. The fourth-order valence-corrected chi connectivity index (χ4v) is 1.64. The summed E-state index contributed by atoms with van der Waals surface area (Å²) in [6.07, 6.45) is 1.26. The van der Waals surface area contributed by atoms with Crippen molar-refractivity contribution in [3.63, 3.8) is 0 Å². The lowest BCUT2D eigenvalue weighted by molar-refractivity contribution is -0.385. The average molecular weight is 248 g/mol. The van der Waals surface area contributed by atoms with Crippen LogP contribution in [0.3, 0.4) is 0 Å². The predicted octanol–water partition coefficient (Wildman–Crippen LogP) is 1.58. The summed E-state index contributed by atoms with van der Waals surface area (Å²) in [7, 11) is 0. The van der Waals surface area contributed by atoms with Crippen molar-refractivity contribution in [1.82, 2.24) is 15.5 Å². The molecule has 0 spiro atoms. The molecule has 0 fully saturated rings. The van der Waals surface area contributed by atoms with E-state index in [4.69, 9.17) is 0 Å². The number of nitrogens with zero attached hydrogens (tertiary/aromatic N) is 3. The van der Waals surface area contributed by atoms with Crippen molar-refractivity contribution in [2.75, 3.05) is 0 Å². The summed E-state index contributed by atoms with van der Waals surface area (Å²) in [6, 6.07) is 5.03. The fraction of sp³-hybridized carbons (Fsp3) is 0.273. The highest BCUT2D eigenvalue weighted by atomic mass is 16.6. The Hall–Kier alpha value is -2.28. The van der Waals surface area contributed by atoms with E-state index in [9.17, 15) is 10.1 Å². The first kappa shape index (κ1) is 12.2. The highest BCUT2D eigenvalue weighted by Gasteiger charge is 2.12. The van der Waals surface area contributed by atoms with Crippen molar-refractivity contribution in [2.24, 2.45) is 0 Å². The zero-order valence-corrected chi connectivity index (χ0v) is 9.79. The third-order valence-electron chi connectivity index (χ3n) is 2.62. The van der Waals surface area contributed by atoms with E-state index in [0.717, 1.165) is 5.56 Å². The van der Waals surface area contributed by atoms with Gasteiger partial charge in [0.1, 0.15) is 0 Å². The third-order valence-corrected chi connectivity index (χ3v) is 2.62. The molecule has 94 valence electrons. The first-order valence-corrected chi connectivity index (χ1v) is 5.37. The van der Waals surface area contributed by atoms with E-state index in [0.29, 0.717) is 24.5 Å². The molecule has 0 aliphatic heterocycles. The normalized spacial score (nSPS) is 10.5. The zero-order valence-electron chi connectivity index (χ0n) is 9.79. The maximum atomic E-state index is 10.8. The summed E-state index contributed by atoms with van der Waals surface area (Å²) >= 11 is 0. The Bertz CT molecular complexity index is 539. The molecule has 0 amide bonds. The highest BCUT2D eigenvalue weighted by molar-refractivity contribution is 5.44. The smallest absolute Gasteiger partial charge is 0.272 e. The summed E-state index contributed by atoms with van der Waals surface area (Å²) in [5.41, 5.74) is 1.68. The molecule has 1 aromatic heterocycles. The first-order chi connectivity index (χ1) is 8.68. The SMILES string of the molecule is Cc1c(CNCc2ncon2)cccc1[N+](=O)[O-]. The number of nitro benzene ring substituents is 1. The van der Waals surface area contributed by atoms with Crippen molar-refractivity contribution in [3.8, 4) is 0 Å². The Morgan fingerprint density at radius 3 is 2.94 bits per heavy atom. The fourth-order valence-electron chi connectivity index (χ4n) is 1.64. The maximum absolute atomic E-state index is 10.8. The van der Waals surface area contributed by atoms with Gasteiger partial charge in [-0.3, -0.25) is 10.1 Å². The number of nitro groups is 1. The molecule has 7 heteroatoms. The molecule has 1 aromatic carbocycles. The van der Waals surface area contributed by atoms with Crippen LogP contribution in [-0.4, -0.2) is 15.1 Å². The topological polar surface area (TPSA) is 94.1 Å². The van der Waals surface area contributed by atoms with Crippen LogP contribution in [0.5, 0.6) is 0 Å². The van der Waals surface area contributed by atoms with Crippen LogP contribution in [-0.2, 0) is 13.1 Å². The van der Waals surface area contributed by atoms with E-state index in [-0.39, 0.29) is 10.6 Å². The molecule has 0 aliphatic rings. The van der Waals surface area contributed by atoms with E-state index in [1.54, 1.807) is 13.0 Å². The van der Waals surface area contributed by atoms with E-state index < -0.39 is 0 Å². The van der Waals surface area contributed by atoms with E-state index in [2.05, 4.69) is 20.0 Å². The van der Waals surface area contributed by atoms with Gasteiger partial charge >= 0.3 is 0 Å². The van der Waals surface area contributed by atoms with E-state index in [1.807, 2.05) is 6.07 Å². The number of hydrogen-bond donors (Lipinski definition) is 1. The van der Waals surface area contributed by atoms with Gasteiger partial charge in [-0.25, -0.2) is 0 Å². The number of aromatic nitrogens is 2. The highest BCUT2D eigenvalue weighted by Crippen LogP contribution is 2.20. The van der Waals surface area contributed by atoms with Gasteiger partial charge in [0, 0.05) is 18.2 Å². The third kappa shape index (κ3) is 2.69. The second-order valence-corrected chi connectivity index (χ2v) is 3.77. The molecule has 2 rings (SSSR count). The predicted molar refractivity (Wildman–Crippen MR) is 62.7 cm³/mol. The lowest BCUT2D eigenvalue weighted by Gasteiger charge is -2.06. The standard InChI is InChI=1S/C11H12N4O3/c1-8-9(3-2-4-10(8)15(16)17)5-12-6-11-13-7-18-14-11/h2-4,7,12H,5-6H2,1H3. The van der Waals surface area contributed by atoms with Gasteiger partial charge in [-0.1, -0.05) is 17.3 Å². The lowest BCUT2D eigenvalue weighted by atomic mass is 10.1. The van der Waals surface area contributed by atoms with Crippen molar-refractivity contribution < 1.29 is 9.45 Å². The molecule has 0 bridgehead atoms. The molecule has 1 N–H and O–H groups in total. The summed E-state index contributed by atoms with van der Waals surface area (Å²) < 4.78 is 4.60. The average Bonchev–Trinajstić information content (AvgIpc) is 2.84. The summed E-state index contributed by atoms with van der Waals surface area (Å²) in [5, 5.41) is 17.5. The molecule has 0 saturated heterocycles. The molecular weight excluding hydrogens is 236 g/mol. The first-order valence-electron chi connectivity index (χ1n) is 5.37. The van der Waals surface area contributed by atoms with Gasteiger partial charge in [0.05, 0.1) is 11.5 Å². The van der Waals surface area contributed by atoms with Crippen molar-refractivity contribution >= 4 is 5.69 Å². The summed E-state index contributed by atoms with van der Waals surface area (Å²) in [5.74, 6) is 0.554. The Labute approximate surface area is 103 Å². The molecule has 18 heavy (non-hydrogen) atoms. The van der Waals surface area contributed by atoms with Crippen LogP contribution in [0.4, 0.5) is 5.69 Å². The van der Waals surface area contributed by atoms with Gasteiger partial charge < -0.3 is 9.84 Å². The van der Waals surface area contributed by atoms with Crippen LogP contribution >= 0.6 is 0 Å². The van der Waals surface area contributed by atoms with Gasteiger partial charge in [-0.15, -0.1) is 0 Å². The largest absolute Gasteiger partial charge is 0.343 e. The summed E-state index contributed by atoms with van der Waals surface area (Å²) in [6.45, 7) is 2.71. The van der Waals surface area contributed by atoms with Crippen LogP contribution in [0.15, 0.2) is 29.1 Å². The molecule has 2 aromatic rings. The van der Waals surface area contributed by atoms with Crippen LogP contribution in [0.25, 0.3) is 0 Å². The molecule has 0 aliphatic carbocycles. The second-order valence-electron chi connectivity index (χ2n) is 3.77. The van der Waals surface area contributed by atoms with Gasteiger partial charge in [0.15, 0.2) is 5.82 Å². The number of benzene rings is 1. The van der Waals surface area contributed by atoms with Crippen LogP contribution < -0.4 is 5.32 Å². The molecular formula is C11H12N4O3. The summed E-state index contributed by atoms with van der Waals surface area (Å²) in [4.78, 5) is 14.3. The van der Waals surface area contributed by atoms with Crippen molar-refractivity contribution in [3.05, 3.63) is 51.7 Å². The zero-order chi connectivity index (χ0) is 13.0. The van der Waals surface area contributed by atoms with Gasteiger partial charge in [-0.05, 0) is 12.5 Å². The Morgan fingerprint density at radius 1 is 1.44 bits per heavy atom. The molecule has 1 heterocycles. The van der Waals surface area contributed by atoms with Crippen molar-refractivity contribution in [1.29, 1.82) is 0 Å². The molecule has 0 unspecified atom stereocenters. The minimum Gasteiger partial charge on any atom is -0.343 e. The molecule has 0 atom stereocenters.